The van der Waals surface area contributed by atoms with E-state index >= 15 is 0 Å². The second-order valence-corrected chi connectivity index (χ2v) is 6.34. The number of aromatic nitrogens is 2. The summed E-state index contributed by atoms with van der Waals surface area (Å²) in [5, 5.41) is 21.8. The number of hydrogen-bond donors (Lipinski definition) is 2. The number of nitrogens with zero attached hydrogens (tertiary/aromatic N) is 2. The lowest BCUT2D eigenvalue weighted by molar-refractivity contribution is 0.115. The van der Waals surface area contributed by atoms with Gasteiger partial charge in [-0.25, -0.2) is 4.98 Å². The molecule has 0 radical (unpaired) electrons. The Labute approximate surface area is 127 Å². The van der Waals surface area contributed by atoms with Crippen molar-refractivity contribution in [2.24, 2.45) is 0 Å². The molecule has 0 bridgehead atoms. The van der Waals surface area contributed by atoms with Crippen LogP contribution in [-0.2, 0) is 11.8 Å². The van der Waals surface area contributed by atoms with E-state index in [2.05, 4.69) is 4.98 Å². The van der Waals surface area contributed by atoms with Crippen molar-refractivity contribution < 1.29 is 10.2 Å². The molecule has 0 fully saturated rings. The second-order valence-electron chi connectivity index (χ2n) is 5.47. The summed E-state index contributed by atoms with van der Waals surface area (Å²) in [7, 11) is 0. The van der Waals surface area contributed by atoms with Crippen LogP contribution in [0.5, 0.6) is 0 Å². The van der Waals surface area contributed by atoms with Crippen molar-refractivity contribution in [2.45, 2.75) is 18.8 Å². The van der Waals surface area contributed by atoms with Gasteiger partial charge in [-0.05, 0) is 12.5 Å². The molecule has 4 nitrogen and oxygen atoms in total. The maximum atomic E-state index is 9.92. The van der Waals surface area contributed by atoms with Crippen molar-refractivity contribution in [3.63, 3.8) is 0 Å². The zero-order valence-electron chi connectivity index (χ0n) is 11.9. The summed E-state index contributed by atoms with van der Waals surface area (Å²) < 4.78 is 1.97. The number of imidazole rings is 1. The summed E-state index contributed by atoms with van der Waals surface area (Å²) in [4.78, 5) is 5.49. The molecule has 0 aliphatic carbocycles. The Morgan fingerprint density at radius 1 is 1.29 bits per heavy atom. The lowest BCUT2D eigenvalue weighted by Crippen LogP contribution is -2.37. The Morgan fingerprint density at radius 2 is 2.10 bits per heavy atom. The Hall–Kier alpha value is -1.69. The van der Waals surface area contributed by atoms with E-state index < -0.39 is 5.41 Å². The molecule has 0 saturated carbocycles. The highest BCUT2D eigenvalue weighted by molar-refractivity contribution is 7.15. The van der Waals surface area contributed by atoms with Gasteiger partial charge in [0.1, 0.15) is 0 Å². The van der Waals surface area contributed by atoms with Gasteiger partial charge in [0.2, 0.25) is 0 Å². The number of hydrogen-bond acceptors (Lipinski definition) is 4. The fourth-order valence-electron chi connectivity index (χ4n) is 2.63. The molecule has 21 heavy (non-hydrogen) atoms. The molecule has 2 heterocycles. The summed E-state index contributed by atoms with van der Waals surface area (Å²) in [5.74, 6) is 0. The van der Waals surface area contributed by atoms with E-state index in [1.807, 2.05) is 53.4 Å². The first kappa shape index (κ1) is 14.3. The summed E-state index contributed by atoms with van der Waals surface area (Å²) in [5.41, 5.74) is 2.25. The number of rotatable bonds is 5. The lowest BCUT2D eigenvalue weighted by atomic mass is 9.77. The normalized spacial score (nSPS) is 12.1. The molecule has 110 valence electrons. The van der Waals surface area contributed by atoms with E-state index in [0.717, 1.165) is 21.8 Å². The van der Waals surface area contributed by atoms with Crippen LogP contribution in [0.15, 0.2) is 42.0 Å². The van der Waals surface area contributed by atoms with Gasteiger partial charge in [0.15, 0.2) is 4.96 Å². The highest BCUT2D eigenvalue weighted by Gasteiger charge is 2.32. The summed E-state index contributed by atoms with van der Waals surface area (Å²) >= 11 is 1.57. The van der Waals surface area contributed by atoms with Gasteiger partial charge < -0.3 is 10.2 Å². The Kier molecular flexibility index (Phi) is 3.80. The van der Waals surface area contributed by atoms with E-state index in [-0.39, 0.29) is 13.2 Å². The maximum Gasteiger partial charge on any atom is 0.193 e. The largest absolute Gasteiger partial charge is 0.395 e. The average Bonchev–Trinajstić information content (AvgIpc) is 3.06. The number of thiazole rings is 1. The molecule has 0 spiro atoms. The number of fused-ring (bicyclic) bond motifs is 1. The van der Waals surface area contributed by atoms with Crippen LogP contribution in [0, 0.1) is 6.92 Å². The SMILES string of the molecule is Cc1cccc(C(CO)(CO)Cc2cn3ccsc3n2)c1. The molecule has 5 heteroatoms. The molecule has 0 unspecified atom stereocenters. The molecule has 2 aromatic heterocycles. The van der Waals surface area contributed by atoms with Crippen LogP contribution in [-0.4, -0.2) is 32.8 Å². The molecule has 1 aromatic carbocycles. The van der Waals surface area contributed by atoms with Crippen molar-refractivity contribution in [3.05, 3.63) is 58.9 Å². The maximum absolute atomic E-state index is 9.92. The first-order valence-corrected chi connectivity index (χ1v) is 7.75. The molecule has 0 saturated heterocycles. The first-order valence-electron chi connectivity index (χ1n) is 6.87. The predicted molar refractivity (Wildman–Crippen MR) is 83.8 cm³/mol. The first-order chi connectivity index (χ1) is 10.2. The molecule has 2 N–H and O–H groups in total. The Balaban J connectivity index is 1.98. The average molecular weight is 302 g/mol. The summed E-state index contributed by atoms with van der Waals surface area (Å²) in [6.45, 7) is 1.78. The quantitative estimate of drug-likeness (QED) is 0.759. The predicted octanol–water partition coefficient (Wildman–Crippen LogP) is 2.17. The molecular formula is C16H18N2O2S. The van der Waals surface area contributed by atoms with Gasteiger partial charge in [-0.2, -0.15) is 0 Å². The zero-order chi connectivity index (χ0) is 14.9. The van der Waals surface area contributed by atoms with Crippen molar-refractivity contribution >= 4 is 16.3 Å². The highest BCUT2D eigenvalue weighted by Crippen LogP contribution is 2.29. The summed E-state index contributed by atoms with van der Waals surface area (Å²) in [6.07, 6.45) is 4.43. The number of benzene rings is 1. The van der Waals surface area contributed by atoms with Crippen molar-refractivity contribution in [2.75, 3.05) is 13.2 Å². The van der Waals surface area contributed by atoms with Gasteiger partial charge in [-0.1, -0.05) is 29.8 Å². The van der Waals surface area contributed by atoms with E-state index in [0.29, 0.717) is 6.42 Å². The van der Waals surface area contributed by atoms with Gasteiger partial charge >= 0.3 is 0 Å². The monoisotopic (exact) mass is 302 g/mol. The number of aliphatic hydroxyl groups is 2. The fourth-order valence-corrected chi connectivity index (χ4v) is 3.35. The third-order valence-corrected chi connectivity index (χ3v) is 4.67. The van der Waals surface area contributed by atoms with E-state index in [9.17, 15) is 10.2 Å². The van der Waals surface area contributed by atoms with Crippen LogP contribution < -0.4 is 0 Å². The number of aliphatic hydroxyl groups excluding tert-OH is 2. The van der Waals surface area contributed by atoms with Crippen LogP contribution in [0.3, 0.4) is 0 Å². The molecule has 0 aliphatic rings. The topological polar surface area (TPSA) is 57.8 Å². The van der Waals surface area contributed by atoms with Gasteiger partial charge in [0.05, 0.1) is 18.9 Å². The third-order valence-electron chi connectivity index (χ3n) is 3.90. The third kappa shape index (κ3) is 2.60. The zero-order valence-corrected chi connectivity index (χ0v) is 12.7. The van der Waals surface area contributed by atoms with Crippen LogP contribution in [0.25, 0.3) is 4.96 Å². The van der Waals surface area contributed by atoms with Gasteiger partial charge in [0.25, 0.3) is 0 Å². The van der Waals surface area contributed by atoms with Crippen LogP contribution >= 0.6 is 11.3 Å². The van der Waals surface area contributed by atoms with Crippen molar-refractivity contribution in [1.82, 2.24) is 9.38 Å². The van der Waals surface area contributed by atoms with E-state index in [4.69, 9.17) is 0 Å². The van der Waals surface area contributed by atoms with Crippen molar-refractivity contribution in [3.8, 4) is 0 Å². The number of aryl methyl sites for hydroxylation is 1. The molecule has 0 atom stereocenters. The van der Waals surface area contributed by atoms with Crippen molar-refractivity contribution in [1.29, 1.82) is 0 Å². The van der Waals surface area contributed by atoms with Gasteiger partial charge in [-0.3, -0.25) is 4.40 Å². The molecule has 3 aromatic rings. The fraction of sp³-hybridized carbons (Fsp3) is 0.312. The van der Waals surface area contributed by atoms with Gasteiger partial charge in [-0.15, -0.1) is 11.3 Å². The smallest absolute Gasteiger partial charge is 0.193 e. The molecule has 0 amide bonds. The second kappa shape index (κ2) is 5.60. The van der Waals surface area contributed by atoms with Crippen LogP contribution in [0.2, 0.25) is 0 Å². The van der Waals surface area contributed by atoms with E-state index in [1.165, 1.54) is 0 Å². The summed E-state index contributed by atoms with van der Waals surface area (Å²) in [6, 6.07) is 7.94. The van der Waals surface area contributed by atoms with Gasteiger partial charge in [0, 0.05) is 29.6 Å². The Bertz CT molecular complexity index is 715. The minimum atomic E-state index is -0.698. The van der Waals surface area contributed by atoms with Crippen LogP contribution in [0.4, 0.5) is 0 Å². The standard InChI is InChI=1S/C16H18N2O2S/c1-12-3-2-4-13(7-12)16(10-19,11-20)8-14-9-18-5-6-21-15(18)17-14/h2-7,9,19-20H,8,10-11H2,1H3. The highest BCUT2D eigenvalue weighted by atomic mass is 32.1. The molecular weight excluding hydrogens is 284 g/mol. The minimum Gasteiger partial charge on any atom is -0.395 e. The lowest BCUT2D eigenvalue weighted by Gasteiger charge is -2.30. The van der Waals surface area contributed by atoms with E-state index in [1.54, 1.807) is 11.3 Å². The minimum absolute atomic E-state index is 0.113. The Morgan fingerprint density at radius 3 is 2.76 bits per heavy atom. The molecule has 3 rings (SSSR count). The van der Waals surface area contributed by atoms with Crippen LogP contribution in [0.1, 0.15) is 16.8 Å². The molecule has 0 aliphatic heterocycles.